The van der Waals surface area contributed by atoms with Gasteiger partial charge in [0.15, 0.2) is 0 Å². The van der Waals surface area contributed by atoms with Crippen LogP contribution in [0, 0.1) is 0 Å². The van der Waals surface area contributed by atoms with Gasteiger partial charge in [0.25, 0.3) is 0 Å². The summed E-state index contributed by atoms with van der Waals surface area (Å²) >= 11 is 3.48. The van der Waals surface area contributed by atoms with E-state index in [9.17, 15) is 0 Å². The Morgan fingerprint density at radius 3 is 2.53 bits per heavy atom. The maximum absolute atomic E-state index is 6.32. The molecule has 0 aliphatic carbocycles. The van der Waals surface area contributed by atoms with Crippen molar-refractivity contribution in [1.82, 2.24) is 4.90 Å². The number of hydrogen-bond acceptors (Lipinski definition) is 2. The molecular weight excluding hydrogens is 276 g/mol. The molecule has 2 unspecified atom stereocenters. The van der Waals surface area contributed by atoms with Crippen LogP contribution in [0.3, 0.4) is 0 Å². The summed E-state index contributed by atoms with van der Waals surface area (Å²) < 4.78 is 1.13. The van der Waals surface area contributed by atoms with E-state index in [1.54, 1.807) is 0 Å². The number of piperidine rings is 1. The molecule has 0 saturated carbocycles. The quantitative estimate of drug-likeness (QED) is 0.907. The van der Waals surface area contributed by atoms with Crippen LogP contribution in [-0.2, 0) is 0 Å². The molecule has 1 aromatic rings. The minimum atomic E-state index is 0.257. The Bertz CT molecular complexity index is 361. The zero-order valence-corrected chi connectivity index (χ0v) is 12.2. The summed E-state index contributed by atoms with van der Waals surface area (Å²) in [5.74, 6) is 0. The predicted molar refractivity (Wildman–Crippen MR) is 75.9 cm³/mol. The van der Waals surface area contributed by atoms with Crippen LogP contribution in [0.25, 0.3) is 0 Å². The van der Waals surface area contributed by atoms with Gasteiger partial charge in [-0.3, -0.25) is 4.90 Å². The Labute approximate surface area is 112 Å². The molecule has 1 aromatic carbocycles. The average Bonchev–Trinajstić information content (AvgIpc) is 2.30. The standard InChI is InChI=1S/C14H21BrN2/c1-10(2)17-9-3-4-13(16)14(17)11-5-7-12(15)8-6-11/h5-8,10,13-14H,3-4,9,16H2,1-2H3. The van der Waals surface area contributed by atoms with Gasteiger partial charge in [0.1, 0.15) is 0 Å². The van der Waals surface area contributed by atoms with Crippen molar-refractivity contribution in [1.29, 1.82) is 0 Å². The first kappa shape index (κ1) is 13.1. The maximum atomic E-state index is 6.32. The molecule has 0 aromatic heterocycles. The highest BCUT2D eigenvalue weighted by Gasteiger charge is 2.31. The number of nitrogens with zero attached hydrogens (tertiary/aromatic N) is 1. The summed E-state index contributed by atoms with van der Waals surface area (Å²) in [7, 11) is 0. The zero-order chi connectivity index (χ0) is 12.4. The summed E-state index contributed by atoms with van der Waals surface area (Å²) in [5, 5.41) is 0. The number of hydrogen-bond donors (Lipinski definition) is 1. The molecule has 2 rings (SSSR count). The van der Waals surface area contributed by atoms with Crippen LogP contribution in [-0.4, -0.2) is 23.5 Å². The molecule has 2 nitrogen and oxygen atoms in total. The minimum Gasteiger partial charge on any atom is -0.326 e. The Morgan fingerprint density at radius 1 is 1.29 bits per heavy atom. The zero-order valence-electron chi connectivity index (χ0n) is 10.6. The second kappa shape index (κ2) is 5.51. The van der Waals surface area contributed by atoms with E-state index in [0.717, 1.165) is 17.4 Å². The normalized spacial score (nSPS) is 26.4. The number of benzene rings is 1. The lowest BCUT2D eigenvalue weighted by atomic mass is 9.90. The van der Waals surface area contributed by atoms with E-state index in [2.05, 4.69) is 58.9 Å². The molecule has 2 atom stereocenters. The largest absolute Gasteiger partial charge is 0.326 e. The fourth-order valence-corrected chi connectivity index (χ4v) is 2.99. The van der Waals surface area contributed by atoms with Gasteiger partial charge < -0.3 is 5.73 Å². The number of rotatable bonds is 2. The molecule has 3 heteroatoms. The number of nitrogens with two attached hydrogens (primary N) is 1. The average molecular weight is 297 g/mol. The molecule has 0 spiro atoms. The Hall–Kier alpha value is -0.380. The van der Waals surface area contributed by atoms with Gasteiger partial charge in [-0.05, 0) is 50.9 Å². The fraction of sp³-hybridized carbons (Fsp3) is 0.571. The second-order valence-electron chi connectivity index (χ2n) is 5.13. The Morgan fingerprint density at radius 2 is 1.94 bits per heavy atom. The van der Waals surface area contributed by atoms with E-state index < -0.39 is 0 Å². The number of likely N-dealkylation sites (tertiary alicyclic amines) is 1. The van der Waals surface area contributed by atoms with E-state index in [0.29, 0.717) is 12.1 Å². The van der Waals surface area contributed by atoms with Crippen molar-refractivity contribution in [2.45, 2.75) is 44.8 Å². The summed E-state index contributed by atoms with van der Waals surface area (Å²) in [5.41, 5.74) is 7.67. The highest BCUT2D eigenvalue weighted by atomic mass is 79.9. The van der Waals surface area contributed by atoms with Gasteiger partial charge in [0.2, 0.25) is 0 Å². The van der Waals surface area contributed by atoms with Gasteiger partial charge in [-0.25, -0.2) is 0 Å². The van der Waals surface area contributed by atoms with E-state index >= 15 is 0 Å². The molecule has 1 aliphatic heterocycles. The van der Waals surface area contributed by atoms with Gasteiger partial charge in [0.05, 0.1) is 6.04 Å². The fourth-order valence-electron chi connectivity index (χ4n) is 2.73. The molecule has 0 amide bonds. The lowest BCUT2D eigenvalue weighted by Gasteiger charge is -2.42. The maximum Gasteiger partial charge on any atom is 0.0501 e. The molecule has 0 radical (unpaired) electrons. The van der Waals surface area contributed by atoms with Crippen LogP contribution in [0.15, 0.2) is 28.7 Å². The third kappa shape index (κ3) is 2.90. The lowest BCUT2D eigenvalue weighted by Crippen LogP contribution is -2.48. The molecular formula is C14H21BrN2. The highest BCUT2D eigenvalue weighted by molar-refractivity contribution is 9.10. The third-order valence-electron chi connectivity index (χ3n) is 3.59. The van der Waals surface area contributed by atoms with E-state index in [4.69, 9.17) is 5.73 Å². The first-order valence-electron chi connectivity index (χ1n) is 6.36. The van der Waals surface area contributed by atoms with Crippen molar-refractivity contribution in [2.24, 2.45) is 5.73 Å². The molecule has 1 heterocycles. The molecule has 1 aliphatic rings. The molecule has 94 valence electrons. The van der Waals surface area contributed by atoms with Gasteiger partial charge in [-0.2, -0.15) is 0 Å². The van der Waals surface area contributed by atoms with Gasteiger partial charge in [-0.1, -0.05) is 28.1 Å². The van der Waals surface area contributed by atoms with Crippen molar-refractivity contribution < 1.29 is 0 Å². The van der Waals surface area contributed by atoms with E-state index in [1.165, 1.54) is 12.0 Å². The third-order valence-corrected chi connectivity index (χ3v) is 4.12. The van der Waals surface area contributed by atoms with Gasteiger partial charge >= 0.3 is 0 Å². The molecule has 17 heavy (non-hydrogen) atoms. The monoisotopic (exact) mass is 296 g/mol. The molecule has 1 saturated heterocycles. The topological polar surface area (TPSA) is 29.3 Å². The molecule has 2 N–H and O–H groups in total. The first-order valence-corrected chi connectivity index (χ1v) is 7.15. The minimum absolute atomic E-state index is 0.257. The van der Waals surface area contributed by atoms with Crippen molar-refractivity contribution in [3.05, 3.63) is 34.3 Å². The van der Waals surface area contributed by atoms with Crippen LogP contribution in [0.2, 0.25) is 0 Å². The summed E-state index contributed by atoms with van der Waals surface area (Å²) in [6.45, 7) is 5.67. The summed E-state index contributed by atoms with van der Waals surface area (Å²) in [6.07, 6.45) is 2.34. The Kier molecular flexibility index (Phi) is 4.23. The highest BCUT2D eigenvalue weighted by Crippen LogP contribution is 2.32. The van der Waals surface area contributed by atoms with Crippen molar-refractivity contribution in [2.75, 3.05) is 6.54 Å². The Balaban J connectivity index is 2.27. The van der Waals surface area contributed by atoms with Crippen LogP contribution >= 0.6 is 15.9 Å². The molecule has 0 bridgehead atoms. The molecule has 1 fully saturated rings. The van der Waals surface area contributed by atoms with Gasteiger partial charge in [0, 0.05) is 16.6 Å². The first-order chi connectivity index (χ1) is 8.09. The van der Waals surface area contributed by atoms with Crippen molar-refractivity contribution in [3.8, 4) is 0 Å². The van der Waals surface area contributed by atoms with E-state index in [-0.39, 0.29) is 6.04 Å². The van der Waals surface area contributed by atoms with Crippen molar-refractivity contribution in [3.63, 3.8) is 0 Å². The smallest absolute Gasteiger partial charge is 0.0501 e. The van der Waals surface area contributed by atoms with Crippen LogP contribution in [0.5, 0.6) is 0 Å². The summed E-state index contributed by atoms with van der Waals surface area (Å²) in [6, 6.07) is 9.77. The second-order valence-corrected chi connectivity index (χ2v) is 6.05. The lowest BCUT2D eigenvalue weighted by molar-refractivity contribution is 0.0947. The summed E-state index contributed by atoms with van der Waals surface area (Å²) in [4.78, 5) is 2.53. The number of halogens is 1. The van der Waals surface area contributed by atoms with E-state index in [1.807, 2.05) is 0 Å². The van der Waals surface area contributed by atoms with Gasteiger partial charge in [-0.15, -0.1) is 0 Å². The SMILES string of the molecule is CC(C)N1CCCC(N)C1c1ccc(Br)cc1. The van der Waals surface area contributed by atoms with Crippen molar-refractivity contribution >= 4 is 15.9 Å². The van der Waals surface area contributed by atoms with Crippen LogP contribution in [0.1, 0.15) is 38.3 Å². The van der Waals surface area contributed by atoms with Crippen LogP contribution in [0.4, 0.5) is 0 Å². The van der Waals surface area contributed by atoms with Crippen LogP contribution < -0.4 is 5.73 Å². The predicted octanol–water partition coefficient (Wildman–Crippen LogP) is 3.32.